The van der Waals surface area contributed by atoms with Crippen molar-refractivity contribution in [1.82, 2.24) is 0 Å². The van der Waals surface area contributed by atoms with E-state index in [2.05, 4.69) is 5.32 Å². The standard InChI is InChI=1S/C14H19NO4/c1-3-19-14(17)9-8-13(16)15-12-7-5-4-6-11(12)10-18-2/h4-7H,3,8-10H2,1-2H3,(H,15,16). The third-order valence-electron chi connectivity index (χ3n) is 2.45. The summed E-state index contributed by atoms with van der Waals surface area (Å²) in [5.41, 5.74) is 1.60. The van der Waals surface area contributed by atoms with Gasteiger partial charge in [0.25, 0.3) is 0 Å². The van der Waals surface area contributed by atoms with Gasteiger partial charge in [-0.2, -0.15) is 0 Å². The van der Waals surface area contributed by atoms with Gasteiger partial charge in [0, 0.05) is 24.8 Å². The largest absolute Gasteiger partial charge is 0.466 e. The van der Waals surface area contributed by atoms with Gasteiger partial charge in [-0.05, 0) is 13.0 Å². The lowest BCUT2D eigenvalue weighted by molar-refractivity contribution is -0.144. The molecule has 104 valence electrons. The van der Waals surface area contributed by atoms with Crippen molar-refractivity contribution in [2.24, 2.45) is 0 Å². The molecule has 1 N–H and O–H groups in total. The zero-order valence-corrected chi connectivity index (χ0v) is 11.3. The SMILES string of the molecule is CCOC(=O)CCC(=O)Nc1ccccc1COC. The number of carbonyl (C=O) groups is 2. The number of ether oxygens (including phenoxy) is 2. The van der Waals surface area contributed by atoms with Gasteiger partial charge < -0.3 is 14.8 Å². The van der Waals surface area contributed by atoms with E-state index in [0.717, 1.165) is 5.56 Å². The Hall–Kier alpha value is -1.88. The Kier molecular flexibility index (Phi) is 6.60. The van der Waals surface area contributed by atoms with Crippen LogP contribution in [0.3, 0.4) is 0 Å². The van der Waals surface area contributed by atoms with Gasteiger partial charge >= 0.3 is 5.97 Å². The lowest BCUT2D eigenvalue weighted by Gasteiger charge is -2.10. The molecule has 19 heavy (non-hydrogen) atoms. The first kappa shape index (κ1) is 15.2. The summed E-state index contributed by atoms with van der Waals surface area (Å²) < 4.78 is 9.82. The maximum Gasteiger partial charge on any atom is 0.306 e. The molecular formula is C14H19NO4. The Balaban J connectivity index is 2.50. The number of methoxy groups -OCH3 is 1. The molecule has 0 spiro atoms. The topological polar surface area (TPSA) is 64.6 Å². The fourth-order valence-electron chi connectivity index (χ4n) is 1.59. The molecule has 0 saturated heterocycles. The van der Waals surface area contributed by atoms with E-state index >= 15 is 0 Å². The van der Waals surface area contributed by atoms with Crippen LogP contribution in [0.15, 0.2) is 24.3 Å². The maximum atomic E-state index is 11.7. The average molecular weight is 265 g/mol. The molecule has 5 heteroatoms. The molecule has 0 fully saturated rings. The first-order chi connectivity index (χ1) is 9.17. The molecule has 0 bridgehead atoms. The van der Waals surface area contributed by atoms with E-state index < -0.39 is 0 Å². The normalized spacial score (nSPS) is 10.0. The molecule has 0 radical (unpaired) electrons. The van der Waals surface area contributed by atoms with Gasteiger partial charge in [-0.3, -0.25) is 9.59 Å². The maximum absolute atomic E-state index is 11.7. The lowest BCUT2D eigenvalue weighted by atomic mass is 10.2. The molecule has 0 aliphatic rings. The highest BCUT2D eigenvalue weighted by Gasteiger charge is 2.09. The number of hydrogen-bond acceptors (Lipinski definition) is 4. The van der Waals surface area contributed by atoms with E-state index in [4.69, 9.17) is 9.47 Å². The first-order valence-electron chi connectivity index (χ1n) is 6.19. The Labute approximate surface area is 112 Å². The molecule has 0 aliphatic carbocycles. The molecule has 5 nitrogen and oxygen atoms in total. The second-order valence-corrected chi connectivity index (χ2v) is 3.94. The first-order valence-corrected chi connectivity index (χ1v) is 6.19. The smallest absolute Gasteiger partial charge is 0.306 e. The van der Waals surface area contributed by atoms with E-state index in [-0.39, 0.29) is 24.7 Å². The molecular weight excluding hydrogens is 246 g/mol. The van der Waals surface area contributed by atoms with Gasteiger partial charge in [0.1, 0.15) is 0 Å². The van der Waals surface area contributed by atoms with E-state index in [0.29, 0.717) is 18.9 Å². The minimum atomic E-state index is -0.358. The highest BCUT2D eigenvalue weighted by Crippen LogP contribution is 2.16. The van der Waals surface area contributed by atoms with Gasteiger partial charge in [-0.1, -0.05) is 18.2 Å². The zero-order valence-electron chi connectivity index (χ0n) is 11.3. The molecule has 0 aromatic heterocycles. The Bertz CT molecular complexity index is 431. The Morgan fingerprint density at radius 3 is 2.63 bits per heavy atom. The Morgan fingerprint density at radius 1 is 1.21 bits per heavy atom. The van der Waals surface area contributed by atoms with Crippen LogP contribution in [0.5, 0.6) is 0 Å². The van der Waals surface area contributed by atoms with Gasteiger partial charge in [-0.25, -0.2) is 0 Å². The molecule has 0 atom stereocenters. The van der Waals surface area contributed by atoms with E-state index in [1.165, 1.54) is 0 Å². The van der Waals surface area contributed by atoms with Crippen molar-refractivity contribution in [3.63, 3.8) is 0 Å². The third kappa shape index (κ3) is 5.52. The molecule has 0 saturated carbocycles. The summed E-state index contributed by atoms with van der Waals surface area (Å²) in [4.78, 5) is 22.9. The third-order valence-corrected chi connectivity index (χ3v) is 2.45. The van der Waals surface area contributed by atoms with Crippen LogP contribution in [0.25, 0.3) is 0 Å². The van der Waals surface area contributed by atoms with Crippen LogP contribution in [0.1, 0.15) is 25.3 Å². The molecule has 0 aliphatic heterocycles. The van der Waals surface area contributed by atoms with Gasteiger partial charge in [0.15, 0.2) is 0 Å². The van der Waals surface area contributed by atoms with Crippen molar-refractivity contribution >= 4 is 17.6 Å². The predicted molar refractivity (Wildman–Crippen MR) is 71.7 cm³/mol. The number of hydrogen-bond donors (Lipinski definition) is 1. The summed E-state index contributed by atoms with van der Waals surface area (Å²) in [6, 6.07) is 7.39. The summed E-state index contributed by atoms with van der Waals surface area (Å²) >= 11 is 0. The fourth-order valence-corrected chi connectivity index (χ4v) is 1.59. The van der Waals surface area contributed by atoms with Crippen molar-refractivity contribution in [2.45, 2.75) is 26.4 Å². The van der Waals surface area contributed by atoms with Gasteiger partial charge in [-0.15, -0.1) is 0 Å². The second-order valence-electron chi connectivity index (χ2n) is 3.94. The van der Waals surface area contributed by atoms with E-state index in [1.54, 1.807) is 20.1 Å². The van der Waals surface area contributed by atoms with Crippen LogP contribution >= 0.6 is 0 Å². The molecule has 0 heterocycles. The highest BCUT2D eigenvalue weighted by molar-refractivity contribution is 5.93. The number of amides is 1. The molecule has 1 amide bonds. The molecule has 0 unspecified atom stereocenters. The van der Waals surface area contributed by atoms with Crippen molar-refractivity contribution in [3.05, 3.63) is 29.8 Å². The van der Waals surface area contributed by atoms with Crippen molar-refractivity contribution in [2.75, 3.05) is 19.0 Å². The number of benzene rings is 1. The molecule has 1 rings (SSSR count). The minimum absolute atomic E-state index is 0.0894. The quantitative estimate of drug-likeness (QED) is 0.767. The van der Waals surface area contributed by atoms with Gasteiger partial charge in [0.05, 0.1) is 19.6 Å². The van der Waals surface area contributed by atoms with Crippen LogP contribution in [0.2, 0.25) is 0 Å². The molecule has 1 aromatic rings. The number of anilines is 1. The second kappa shape index (κ2) is 8.26. The summed E-state index contributed by atoms with van der Waals surface area (Å²) in [7, 11) is 1.60. The summed E-state index contributed by atoms with van der Waals surface area (Å²) in [6.45, 7) is 2.49. The highest BCUT2D eigenvalue weighted by atomic mass is 16.5. The minimum Gasteiger partial charge on any atom is -0.466 e. The van der Waals surface area contributed by atoms with Crippen molar-refractivity contribution in [1.29, 1.82) is 0 Å². The fraction of sp³-hybridized carbons (Fsp3) is 0.429. The number of para-hydroxylation sites is 1. The van der Waals surface area contributed by atoms with Crippen molar-refractivity contribution in [3.8, 4) is 0 Å². The van der Waals surface area contributed by atoms with E-state index in [9.17, 15) is 9.59 Å². The lowest BCUT2D eigenvalue weighted by Crippen LogP contribution is -2.15. The summed E-state index contributed by atoms with van der Waals surface area (Å²) in [5.74, 6) is -0.570. The van der Waals surface area contributed by atoms with Crippen LogP contribution in [-0.2, 0) is 25.7 Å². The van der Waals surface area contributed by atoms with Crippen LogP contribution in [0, 0.1) is 0 Å². The predicted octanol–water partition coefficient (Wildman–Crippen LogP) is 2.11. The zero-order chi connectivity index (χ0) is 14.1. The number of esters is 1. The van der Waals surface area contributed by atoms with Crippen LogP contribution in [-0.4, -0.2) is 25.6 Å². The molecule has 1 aromatic carbocycles. The summed E-state index contributed by atoms with van der Waals surface area (Å²) in [5, 5.41) is 2.77. The Morgan fingerprint density at radius 2 is 1.95 bits per heavy atom. The van der Waals surface area contributed by atoms with Gasteiger partial charge in [0.2, 0.25) is 5.91 Å². The van der Waals surface area contributed by atoms with E-state index in [1.807, 2.05) is 18.2 Å². The van der Waals surface area contributed by atoms with Crippen LogP contribution in [0.4, 0.5) is 5.69 Å². The summed E-state index contributed by atoms with van der Waals surface area (Å²) in [6.07, 6.45) is 0.201. The number of carbonyl (C=O) groups excluding carboxylic acids is 2. The van der Waals surface area contributed by atoms with Crippen LogP contribution < -0.4 is 5.32 Å². The average Bonchev–Trinajstić information content (AvgIpc) is 2.39. The van der Waals surface area contributed by atoms with Crippen molar-refractivity contribution < 1.29 is 19.1 Å². The number of rotatable bonds is 7. The number of nitrogens with one attached hydrogen (secondary N) is 1. The monoisotopic (exact) mass is 265 g/mol.